The van der Waals surface area contributed by atoms with Gasteiger partial charge in [0.15, 0.2) is 0 Å². The number of nitrogens with one attached hydrogen (secondary N) is 1. The molecule has 0 saturated heterocycles. The first-order valence-electron chi connectivity index (χ1n) is 13.6. The summed E-state index contributed by atoms with van der Waals surface area (Å²) >= 11 is 0. The number of anilines is 2. The standard InChI is InChI=1S/C37H32N2/c1-3-33(39-36-15-9-7-13-34(36)35-14-8-10-16-37(35)39)26-17-27(2)28-18-22-31(23-19-28)38-32-24-20-30(21-25-32)29-11-5-4-6-12-29/h3-9,11-15,17-26,38H,2,10,16H2,1H3/b26-17-,33-3+. The Hall–Kier alpha value is -4.82. The lowest BCUT2D eigenvalue weighted by Gasteiger charge is -2.14. The third-order valence-electron chi connectivity index (χ3n) is 7.39. The minimum Gasteiger partial charge on any atom is -0.356 e. The molecule has 0 saturated carbocycles. The summed E-state index contributed by atoms with van der Waals surface area (Å²) in [5, 5.41) is 4.82. The van der Waals surface area contributed by atoms with Crippen molar-refractivity contribution in [3.63, 3.8) is 0 Å². The summed E-state index contributed by atoms with van der Waals surface area (Å²) in [5.41, 5.74) is 11.8. The number of fused-ring (bicyclic) bond motifs is 3. The molecule has 2 nitrogen and oxygen atoms in total. The molecule has 0 fully saturated rings. The van der Waals surface area contributed by atoms with Crippen LogP contribution in [0.2, 0.25) is 0 Å². The number of rotatable bonds is 7. The summed E-state index contributed by atoms with van der Waals surface area (Å²) in [6.07, 6.45) is 13.2. The van der Waals surface area contributed by atoms with E-state index in [0.29, 0.717) is 0 Å². The van der Waals surface area contributed by atoms with Crippen LogP contribution in [-0.2, 0) is 6.42 Å². The van der Waals surface area contributed by atoms with Gasteiger partial charge < -0.3 is 9.88 Å². The summed E-state index contributed by atoms with van der Waals surface area (Å²) in [4.78, 5) is 0. The Balaban J connectivity index is 1.17. The van der Waals surface area contributed by atoms with Crippen LogP contribution in [0.4, 0.5) is 11.4 Å². The molecule has 190 valence electrons. The fourth-order valence-corrected chi connectivity index (χ4v) is 5.36. The number of allylic oxidation sites excluding steroid dienone is 6. The molecule has 4 aromatic carbocycles. The van der Waals surface area contributed by atoms with Crippen LogP contribution in [-0.4, -0.2) is 4.57 Å². The van der Waals surface area contributed by atoms with E-state index >= 15 is 0 Å². The maximum atomic E-state index is 4.36. The van der Waals surface area contributed by atoms with Crippen molar-refractivity contribution in [3.8, 4) is 11.1 Å². The number of para-hydroxylation sites is 1. The van der Waals surface area contributed by atoms with Gasteiger partial charge in [0.1, 0.15) is 0 Å². The summed E-state index contributed by atoms with van der Waals surface area (Å²) in [7, 11) is 0. The monoisotopic (exact) mass is 504 g/mol. The van der Waals surface area contributed by atoms with Crippen molar-refractivity contribution in [1.29, 1.82) is 0 Å². The van der Waals surface area contributed by atoms with Gasteiger partial charge in [0, 0.05) is 33.7 Å². The van der Waals surface area contributed by atoms with E-state index in [1.54, 1.807) is 0 Å². The summed E-state index contributed by atoms with van der Waals surface area (Å²) in [6.45, 7) is 6.47. The lowest BCUT2D eigenvalue weighted by atomic mass is 10.0. The molecule has 0 bridgehead atoms. The molecule has 0 radical (unpaired) electrons. The predicted molar refractivity (Wildman–Crippen MR) is 169 cm³/mol. The van der Waals surface area contributed by atoms with Crippen molar-refractivity contribution < 1.29 is 0 Å². The van der Waals surface area contributed by atoms with Gasteiger partial charge in [-0.1, -0.05) is 104 Å². The predicted octanol–water partition coefficient (Wildman–Crippen LogP) is 10.1. The van der Waals surface area contributed by atoms with E-state index in [-0.39, 0.29) is 0 Å². The zero-order chi connectivity index (χ0) is 26.6. The van der Waals surface area contributed by atoms with E-state index in [1.807, 2.05) is 6.07 Å². The van der Waals surface area contributed by atoms with Gasteiger partial charge in [-0.05, 0) is 78.4 Å². The van der Waals surface area contributed by atoms with Crippen molar-refractivity contribution in [1.82, 2.24) is 4.57 Å². The van der Waals surface area contributed by atoms with Crippen molar-refractivity contribution in [2.75, 3.05) is 5.32 Å². The van der Waals surface area contributed by atoms with Gasteiger partial charge in [-0.15, -0.1) is 0 Å². The molecule has 0 spiro atoms. The molecule has 1 heterocycles. The SMILES string of the molecule is C=C(/C=C\C(=C/C)n1c2c(c3ccccc31)C=CCC2)c1ccc(Nc2ccc(-c3ccccc3)cc2)cc1. The molecule has 0 atom stereocenters. The Bertz CT molecular complexity index is 1710. The van der Waals surface area contributed by atoms with Gasteiger partial charge in [-0.25, -0.2) is 0 Å². The molecule has 1 aliphatic rings. The van der Waals surface area contributed by atoms with E-state index in [1.165, 1.54) is 39.0 Å². The number of nitrogens with zero attached hydrogens (tertiary/aromatic N) is 1. The van der Waals surface area contributed by atoms with Crippen LogP contribution >= 0.6 is 0 Å². The average Bonchev–Trinajstić information content (AvgIpc) is 3.33. The lowest BCUT2D eigenvalue weighted by molar-refractivity contribution is 0.900. The maximum absolute atomic E-state index is 4.36. The van der Waals surface area contributed by atoms with Crippen LogP contribution in [0.15, 0.2) is 134 Å². The van der Waals surface area contributed by atoms with Crippen LogP contribution in [0.25, 0.3) is 39.4 Å². The normalized spacial score (nSPS) is 13.1. The van der Waals surface area contributed by atoms with Gasteiger partial charge in [-0.3, -0.25) is 0 Å². The van der Waals surface area contributed by atoms with Crippen LogP contribution in [0.1, 0.15) is 30.2 Å². The van der Waals surface area contributed by atoms with E-state index < -0.39 is 0 Å². The zero-order valence-corrected chi connectivity index (χ0v) is 22.3. The highest BCUT2D eigenvalue weighted by molar-refractivity contribution is 5.95. The van der Waals surface area contributed by atoms with Gasteiger partial charge in [0.05, 0.1) is 5.52 Å². The fourth-order valence-electron chi connectivity index (χ4n) is 5.36. The zero-order valence-electron chi connectivity index (χ0n) is 22.3. The molecule has 39 heavy (non-hydrogen) atoms. The third-order valence-corrected chi connectivity index (χ3v) is 7.39. The molecule has 1 aliphatic carbocycles. The molecule has 2 heteroatoms. The van der Waals surface area contributed by atoms with Crippen LogP contribution in [0.5, 0.6) is 0 Å². The molecule has 0 unspecified atom stereocenters. The fraction of sp³-hybridized carbons (Fsp3) is 0.0811. The van der Waals surface area contributed by atoms with Crippen molar-refractivity contribution in [2.45, 2.75) is 19.8 Å². The second kappa shape index (κ2) is 10.9. The van der Waals surface area contributed by atoms with Crippen molar-refractivity contribution >= 4 is 39.6 Å². The Kier molecular flexibility index (Phi) is 6.84. The highest BCUT2D eigenvalue weighted by Gasteiger charge is 2.18. The highest BCUT2D eigenvalue weighted by Crippen LogP contribution is 2.34. The minimum atomic E-state index is 0.985. The highest BCUT2D eigenvalue weighted by atomic mass is 15.0. The smallest absolute Gasteiger partial charge is 0.0537 e. The molecule has 0 amide bonds. The second-order valence-corrected chi connectivity index (χ2v) is 9.87. The van der Waals surface area contributed by atoms with E-state index in [4.69, 9.17) is 0 Å². The van der Waals surface area contributed by atoms with Gasteiger partial charge in [0.2, 0.25) is 0 Å². The molecule has 6 rings (SSSR count). The van der Waals surface area contributed by atoms with Crippen LogP contribution in [0.3, 0.4) is 0 Å². The summed E-state index contributed by atoms with van der Waals surface area (Å²) in [5.74, 6) is 0. The number of hydrogen-bond donors (Lipinski definition) is 1. The lowest BCUT2D eigenvalue weighted by Crippen LogP contribution is -2.03. The minimum absolute atomic E-state index is 0.985. The summed E-state index contributed by atoms with van der Waals surface area (Å²) in [6, 6.07) is 36.1. The van der Waals surface area contributed by atoms with E-state index in [0.717, 1.165) is 35.4 Å². The molecular weight excluding hydrogens is 472 g/mol. The molecule has 0 aliphatic heterocycles. The topological polar surface area (TPSA) is 17.0 Å². The average molecular weight is 505 g/mol. The Morgan fingerprint density at radius 3 is 2.18 bits per heavy atom. The Morgan fingerprint density at radius 1 is 0.769 bits per heavy atom. The van der Waals surface area contributed by atoms with Crippen LogP contribution < -0.4 is 5.32 Å². The molecule has 5 aromatic rings. The second-order valence-electron chi connectivity index (χ2n) is 9.87. The van der Waals surface area contributed by atoms with Gasteiger partial charge in [0.25, 0.3) is 0 Å². The molecule has 1 N–H and O–H groups in total. The Labute approximate surface area is 231 Å². The largest absolute Gasteiger partial charge is 0.356 e. The number of hydrogen-bond acceptors (Lipinski definition) is 1. The first kappa shape index (κ1) is 24.5. The first-order valence-corrected chi connectivity index (χ1v) is 13.6. The van der Waals surface area contributed by atoms with Crippen molar-refractivity contribution in [2.24, 2.45) is 0 Å². The molecule has 1 aromatic heterocycles. The third kappa shape index (κ3) is 5.02. The van der Waals surface area contributed by atoms with E-state index in [2.05, 4.69) is 151 Å². The summed E-state index contributed by atoms with van der Waals surface area (Å²) < 4.78 is 2.41. The van der Waals surface area contributed by atoms with E-state index in [9.17, 15) is 0 Å². The van der Waals surface area contributed by atoms with Gasteiger partial charge in [-0.2, -0.15) is 0 Å². The first-order chi connectivity index (χ1) is 19.2. The number of aromatic nitrogens is 1. The quantitative estimate of drug-likeness (QED) is 0.218. The van der Waals surface area contributed by atoms with Gasteiger partial charge >= 0.3 is 0 Å². The number of benzene rings is 4. The molecular formula is C37H32N2. The van der Waals surface area contributed by atoms with Crippen LogP contribution in [0, 0.1) is 0 Å². The Morgan fingerprint density at radius 2 is 1.44 bits per heavy atom. The maximum Gasteiger partial charge on any atom is 0.0537 e. The van der Waals surface area contributed by atoms with Crippen molar-refractivity contribution in [3.05, 3.63) is 151 Å².